The molecule has 0 radical (unpaired) electrons. The van der Waals surface area contributed by atoms with Gasteiger partial charge in [-0.25, -0.2) is 0 Å². The summed E-state index contributed by atoms with van der Waals surface area (Å²) in [6, 6.07) is 7.42. The number of nitriles is 1. The van der Waals surface area contributed by atoms with Gasteiger partial charge in [-0.3, -0.25) is 4.79 Å². The van der Waals surface area contributed by atoms with Crippen LogP contribution < -0.4 is 4.90 Å². The van der Waals surface area contributed by atoms with Crippen LogP contribution >= 0.6 is 0 Å². The van der Waals surface area contributed by atoms with Crippen LogP contribution in [-0.4, -0.2) is 55.6 Å². The van der Waals surface area contributed by atoms with Gasteiger partial charge in [0.2, 0.25) is 0 Å². The molecule has 1 aromatic carbocycles. The Morgan fingerprint density at radius 2 is 2.30 bits per heavy atom. The smallest absolute Gasteiger partial charge is 0.150 e. The van der Waals surface area contributed by atoms with Crippen LogP contribution in [0.1, 0.15) is 22.3 Å². The second kappa shape index (κ2) is 6.04. The number of hydrogen-bond acceptors (Lipinski definition) is 5. The normalized spacial score (nSPS) is 22.1. The summed E-state index contributed by atoms with van der Waals surface area (Å²) in [5, 5.41) is 19.2. The van der Waals surface area contributed by atoms with E-state index in [2.05, 4.69) is 15.9 Å². The lowest BCUT2D eigenvalue weighted by Gasteiger charge is -2.29. The Kier molecular flexibility index (Phi) is 4.38. The molecule has 2 unspecified atom stereocenters. The highest BCUT2D eigenvalue weighted by molar-refractivity contribution is 5.78. The van der Waals surface area contributed by atoms with Crippen LogP contribution in [0.5, 0.6) is 0 Å². The highest BCUT2D eigenvalue weighted by Crippen LogP contribution is 2.29. The second-order valence-electron chi connectivity index (χ2n) is 5.46. The molecular weight excluding hydrogens is 254 g/mol. The average Bonchev–Trinajstić information content (AvgIpc) is 2.77. The van der Waals surface area contributed by atoms with Crippen molar-refractivity contribution in [3.05, 3.63) is 29.3 Å². The monoisotopic (exact) mass is 273 g/mol. The fourth-order valence-corrected chi connectivity index (χ4v) is 2.75. The third-order valence-electron chi connectivity index (χ3n) is 3.55. The molecule has 106 valence electrons. The SMILES string of the molecule is CN(C)CC1CC(O)CN1c1ccc(C=O)cc1C#N. The Morgan fingerprint density at radius 3 is 2.90 bits per heavy atom. The molecule has 1 N–H and O–H groups in total. The van der Waals surface area contributed by atoms with Crippen molar-refractivity contribution in [2.75, 3.05) is 32.1 Å². The van der Waals surface area contributed by atoms with Crippen LogP contribution in [0.2, 0.25) is 0 Å². The molecule has 2 rings (SSSR count). The molecule has 1 saturated heterocycles. The molecular formula is C15H19N3O2. The summed E-state index contributed by atoms with van der Waals surface area (Å²) in [6.45, 7) is 1.34. The molecule has 0 bridgehead atoms. The molecule has 0 aliphatic carbocycles. The van der Waals surface area contributed by atoms with Crippen LogP contribution in [0.3, 0.4) is 0 Å². The number of hydrogen-bond donors (Lipinski definition) is 1. The lowest BCUT2D eigenvalue weighted by Crippen LogP contribution is -2.38. The molecule has 1 heterocycles. The van der Waals surface area contributed by atoms with E-state index in [0.29, 0.717) is 24.1 Å². The number of carbonyl (C=O) groups excluding carboxylic acids is 1. The zero-order chi connectivity index (χ0) is 14.7. The van der Waals surface area contributed by atoms with E-state index >= 15 is 0 Å². The Bertz CT molecular complexity index is 536. The van der Waals surface area contributed by atoms with E-state index in [0.717, 1.165) is 18.5 Å². The standard InChI is InChI=1S/C15H19N3O2/c1-17(2)8-13-6-14(20)9-18(13)15-4-3-11(10-19)5-12(15)7-16/h3-5,10,13-14,20H,6,8-9H2,1-2H3. The summed E-state index contributed by atoms with van der Waals surface area (Å²) in [5.74, 6) is 0. The highest BCUT2D eigenvalue weighted by atomic mass is 16.3. The maximum Gasteiger partial charge on any atom is 0.150 e. The molecule has 1 fully saturated rings. The molecule has 5 heteroatoms. The van der Waals surface area contributed by atoms with Crippen LogP contribution in [0.4, 0.5) is 5.69 Å². The van der Waals surface area contributed by atoms with Crippen molar-refractivity contribution < 1.29 is 9.90 Å². The first-order valence-corrected chi connectivity index (χ1v) is 6.64. The zero-order valence-corrected chi connectivity index (χ0v) is 11.8. The number of anilines is 1. The molecule has 1 aliphatic rings. The Hall–Kier alpha value is -1.90. The van der Waals surface area contributed by atoms with Crippen molar-refractivity contribution >= 4 is 12.0 Å². The minimum Gasteiger partial charge on any atom is -0.391 e. The van der Waals surface area contributed by atoms with Gasteiger partial charge in [-0.15, -0.1) is 0 Å². The quantitative estimate of drug-likeness (QED) is 0.825. The largest absolute Gasteiger partial charge is 0.391 e. The van der Waals surface area contributed by atoms with E-state index in [1.54, 1.807) is 18.2 Å². The minimum atomic E-state index is -0.378. The number of nitrogens with zero attached hydrogens (tertiary/aromatic N) is 3. The highest BCUT2D eigenvalue weighted by Gasteiger charge is 2.32. The summed E-state index contributed by atoms with van der Waals surface area (Å²) in [6.07, 6.45) is 1.05. The molecule has 0 aromatic heterocycles. The number of likely N-dealkylation sites (N-methyl/N-ethyl adjacent to an activating group) is 1. The fourth-order valence-electron chi connectivity index (χ4n) is 2.75. The van der Waals surface area contributed by atoms with Crippen LogP contribution in [0, 0.1) is 11.3 Å². The lowest BCUT2D eigenvalue weighted by atomic mass is 10.1. The number of rotatable bonds is 4. The lowest BCUT2D eigenvalue weighted by molar-refractivity contribution is 0.112. The number of β-amino-alcohol motifs (C(OH)–C–C–N with tert-alkyl or cyclic N) is 1. The maximum absolute atomic E-state index is 10.8. The van der Waals surface area contributed by atoms with E-state index in [9.17, 15) is 15.2 Å². The summed E-state index contributed by atoms with van der Waals surface area (Å²) >= 11 is 0. The van der Waals surface area contributed by atoms with Gasteiger partial charge in [0.05, 0.1) is 17.4 Å². The summed E-state index contributed by atoms with van der Waals surface area (Å²) in [4.78, 5) is 14.9. The molecule has 5 nitrogen and oxygen atoms in total. The van der Waals surface area contributed by atoms with E-state index in [1.165, 1.54) is 0 Å². The molecule has 1 aliphatic heterocycles. The molecule has 0 amide bonds. The van der Waals surface area contributed by atoms with E-state index in [4.69, 9.17) is 0 Å². The Morgan fingerprint density at radius 1 is 1.55 bits per heavy atom. The number of aliphatic hydroxyl groups is 1. The van der Waals surface area contributed by atoms with Crippen molar-refractivity contribution in [2.24, 2.45) is 0 Å². The van der Waals surface area contributed by atoms with Gasteiger partial charge in [0.25, 0.3) is 0 Å². The molecule has 20 heavy (non-hydrogen) atoms. The van der Waals surface area contributed by atoms with Crippen LogP contribution in [0.25, 0.3) is 0 Å². The third kappa shape index (κ3) is 2.98. The van der Waals surface area contributed by atoms with Gasteiger partial charge in [-0.1, -0.05) is 0 Å². The number of aldehydes is 1. The molecule has 1 aromatic rings. The van der Waals surface area contributed by atoms with Gasteiger partial charge in [0.1, 0.15) is 12.4 Å². The third-order valence-corrected chi connectivity index (χ3v) is 3.55. The molecule has 0 spiro atoms. The van der Waals surface area contributed by atoms with Crippen molar-refractivity contribution in [2.45, 2.75) is 18.6 Å². The fraction of sp³-hybridized carbons (Fsp3) is 0.467. The first kappa shape index (κ1) is 14.5. The van der Waals surface area contributed by atoms with Gasteiger partial charge < -0.3 is 14.9 Å². The number of aliphatic hydroxyl groups excluding tert-OH is 1. The van der Waals surface area contributed by atoms with Crippen LogP contribution in [-0.2, 0) is 0 Å². The van der Waals surface area contributed by atoms with Gasteiger partial charge in [0, 0.05) is 24.7 Å². The first-order valence-electron chi connectivity index (χ1n) is 6.64. The predicted molar refractivity (Wildman–Crippen MR) is 76.9 cm³/mol. The molecule has 0 saturated carbocycles. The van der Waals surface area contributed by atoms with E-state index in [1.807, 2.05) is 14.1 Å². The van der Waals surface area contributed by atoms with E-state index in [-0.39, 0.29) is 12.1 Å². The van der Waals surface area contributed by atoms with Crippen molar-refractivity contribution in [3.63, 3.8) is 0 Å². The Balaban J connectivity index is 2.34. The van der Waals surface area contributed by atoms with Crippen molar-refractivity contribution in [3.8, 4) is 6.07 Å². The van der Waals surface area contributed by atoms with E-state index < -0.39 is 0 Å². The summed E-state index contributed by atoms with van der Waals surface area (Å²) in [5.41, 5.74) is 1.77. The predicted octanol–water partition coefficient (Wildman–Crippen LogP) is 0.872. The summed E-state index contributed by atoms with van der Waals surface area (Å²) in [7, 11) is 3.98. The van der Waals surface area contributed by atoms with Crippen molar-refractivity contribution in [1.82, 2.24) is 4.90 Å². The minimum absolute atomic E-state index is 0.175. The average molecular weight is 273 g/mol. The molecule has 2 atom stereocenters. The van der Waals surface area contributed by atoms with Gasteiger partial charge in [0.15, 0.2) is 0 Å². The topological polar surface area (TPSA) is 67.6 Å². The van der Waals surface area contributed by atoms with Gasteiger partial charge >= 0.3 is 0 Å². The number of carbonyl (C=O) groups is 1. The second-order valence-corrected chi connectivity index (χ2v) is 5.46. The zero-order valence-electron chi connectivity index (χ0n) is 11.8. The maximum atomic E-state index is 10.8. The first-order chi connectivity index (χ1) is 9.55. The van der Waals surface area contributed by atoms with Crippen molar-refractivity contribution in [1.29, 1.82) is 5.26 Å². The Labute approximate surface area is 119 Å². The van der Waals surface area contributed by atoms with Gasteiger partial charge in [-0.05, 0) is 38.7 Å². The summed E-state index contributed by atoms with van der Waals surface area (Å²) < 4.78 is 0. The van der Waals surface area contributed by atoms with Gasteiger partial charge in [-0.2, -0.15) is 5.26 Å². The van der Waals surface area contributed by atoms with Crippen LogP contribution in [0.15, 0.2) is 18.2 Å². The number of benzene rings is 1.